The molecule has 1 aliphatic heterocycles. The van der Waals surface area contributed by atoms with Crippen LogP contribution in [0.25, 0.3) is 44.5 Å². The van der Waals surface area contributed by atoms with Crippen LogP contribution in [0.15, 0.2) is 120 Å². The van der Waals surface area contributed by atoms with Crippen LogP contribution in [-0.2, 0) is 13.5 Å². The molecule has 0 aliphatic carbocycles. The molecule has 7 rings (SSSR count). The van der Waals surface area contributed by atoms with Gasteiger partial charge in [0.25, 0.3) is 0 Å². The predicted octanol–water partition coefficient (Wildman–Crippen LogP) is 7.80. The Kier molecular flexibility index (Phi) is 5.48. The lowest BCUT2D eigenvalue weighted by atomic mass is 9.77. The van der Waals surface area contributed by atoms with Gasteiger partial charge in [0.05, 0.1) is 17.0 Å². The molecule has 0 saturated carbocycles. The molecule has 0 fully saturated rings. The molecule has 0 N–H and O–H groups in total. The number of furan rings is 1. The number of nitrogens with zero attached hydrogens (tertiary/aromatic N) is 2. The molecule has 6 aromatic rings. The molecule has 3 aromatic carbocycles. The third kappa shape index (κ3) is 3.64. The van der Waals surface area contributed by atoms with Crippen LogP contribution in [0.3, 0.4) is 0 Å². The Hall–Kier alpha value is -4.50. The van der Waals surface area contributed by atoms with Crippen LogP contribution in [0.1, 0.15) is 35.6 Å². The van der Waals surface area contributed by atoms with Gasteiger partial charge < -0.3 is 4.42 Å². The zero-order chi connectivity index (χ0) is 26.7. The number of benzene rings is 3. The van der Waals surface area contributed by atoms with E-state index in [9.17, 15) is 0 Å². The molecular weight excluding hydrogens is 476 g/mol. The van der Waals surface area contributed by atoms with E-state index in [0.29, 0.717) is 0 Å². The molecule has 3 heteroatoms. The molecule has 3 nitrogen and oxygen atoms in total. The summed E-state index contributed by atoms with van der Waals surface area (Å²) in [6, 6.07) is 32.8. The number of allylic oxidation sites excluding steroid dienone is 1. The SMILES string of the molecule is C=C(Cc1ccc2c(oc3c(C)cccc32)c1-c1cccc[n+]1C)C1c2ccccc2-c2cccc[n+]2C1C. The summed E-state index contributed by atoms with van der Waals surface area (Å²) in [7, 11) is 2.10. The highest BCUT2D eigenvalue weighted by Gasteiger charge is 2.38. The highest BCUT2D eigenvalue weighted by Crippen LogP contribution is 2.44. The van der Waals surface area contributed by atoms with Gasteiger partial charge in [-0.3, -0.25) is 0 Å². The van der Waals surface area contributed by atoms with E-state index in [-0.39, 0.29) is 12.0 Å². The molecule has 0 saturated heterocycles. The fourth-order valence-electron chi connectivity index (χ4n) is 6.63. The van der Waals surface area contributed by atoms with Gasteiger partial charge in [0.15, 0.2) is 18.4 Å². The predicted molar refractivity (Wildman–Crippen MR) is 157 cm³/mol. The van der Waals surface area contributed by atoms with Gasteiger partial charge in [0.2, 0.25) is 11.4 Å². The largest absolute Gasteiger partial charge is 0.455 e. The molecule has 39 heavy (non-hydrogen) atoms. The second-order valence-electron chi connectivity index (χ2n) is 10.9. The van der Waals surface area contributed by atoms with Gasteiger partial charge in [0, 0.05) is 35.0 Å². The molecule has 2 atom stereocenters. The number of aryl methyl sites for hydroxylation is 2. The third-order valence-electron chi connectivity index (χ3n) is 8.50. The summed E-state index contributed by atoms with van der Waals surface area (Å²) in [5, 5.41) is 2.32. The first kappa shape index (κ1) is 23.6. The van der Waals surface area contributed by atoms with Crippen molar-refractivity contribution < 1.29 is 13.6 Å². The lowest BCUT2D eigenvalue weighted by Crippen LogP contribution is -2.46. The van der Waals surface area contributed by atoms with Crippen molar-refractivity contribution in [1.29, 1.82) is 0 Å². The fourth-order valence-corrected chi connectivity index (χ4v) is 6.63. The highest BCUT2D eigenvalue weighted by molar-refractivity contribution is 6.10. The summed E-state index contributed by atoms with van der Waals surface area (Å²) in [5.74, 6) is 0.201. The van der Waals surface area contributed by atoms with Crippen molar-refractivity contribution in [3.63, 3.8) is 0 Å². The second kappa shape index (κ2) is 9.06. The maximum absolute atomic E-state index is 6.67. The van der Waals surface area contributed by atoms with Gasteiger partial charge in [-0.15, -0.1) is 0 Å². The summed E-state index contributed by atoms with van der Waals surface area (Å²) in [4.78, 5) is 0. The number of rotatable bonds is 4. The van der Waals surface area contributed by atoms with E-state index >= 15 is 0 Å². The van der Waals surface area contributed by atoms with Crippen molar-refractivity contribution in [3.05, 3.63) is 132 Å². The zero-order valence-electron chi connectivity index (χ0n) is 22.7. The van der Waals surface area contributed by atoms with Gasteiger partial charge in [-0.25, -0.2) is 4.57 Å². The summed E-state index contributed by atoms with van der Waals surface area (Å²) in [5.41, 5.74) is 11.7. The third-order valence-corrected chi connectivity index (χ3v) is 8.50. The molecule has 190 valence electrons. The number of aromatic nitrogens is 2. The number of hydrogen-bond donors (Lipinski definition) is 0. The molecule has 2 unspecified atom stereocenters. The smallest absolute Gasteiger partial charge is 0.216 e. The van der Waals surface area contributed by atoms with Crippen molar-refractivity contribution in [2.75, 3.05) is 0 Å². The van der Waals surface area contributed by atoms with Crippen LogP contribution in [0.5, 0.6) is 0 Å². The average molecular weight is 509 g/mol. The van der Waals surface area contributed by atoms with E-state index in [2.05, 4.69) is 133 Å². The maximum Gasteiger partial charge on any atom is 0.216 e. The second-order valence-corrected chi connectivity index (χ2v) is 10.9. The van der Waals surface area contributed by atoms with E-state index in [0.717, 1.165) is 45.2 Å². The monoisotopic (exact) mass is 508 g/mol. The summed E-state index contributed by atoms with van der Waals surface area (Å²) < 4.78 is 11.3. The molecule has 0 amide bonds. The van der Waals surface area contributed by atoms with Crippen molar-refractivity contribution >= 4 is 21.9 Å². The van der Waals surface area contributed by atoms with Crippen molar-refractivity contribution in [3.8, 4) is 22.5 Å². The summed E-state index contributed by atoms with van der Waals surface area (Å²) in [6.07, 6.45) is 5.07. The van der Waals surface area contributed by atoms with Crippen LogP contribution in [-0.4, -0.2) is 0 Å². The number of hydrogen-bond acceptors (Lipinski definition) is 1. The van der Waals surface area contributed by atoms with Crippen LogP contribution in [0.2, 0.25) is 0 Å². The molecule has 3 aromatic heterocycles. The number of pyridine rings is 2. The van der Waals surface area contributed by atoms with Crippen molar-refractivity contribution in [2.45, 2.75) is 32.2 Å². The first-order valence-corrected chi connectivity index (χ1v) is 13.7. The molecule has 0 spiro atoms. The minimum absolute atomic E-state index is 0.201. The Bertz CT molecular complexity index is 1910. The number of fused-ring (bicyclic) bond motifs is 6. The van der Waals surface area contributed by atoms with Crippen LogP contribution < -0.4 is 9.13 Å². The van der Waals surface area contributed by atoms with Crippen LogP contribution in [0, 0.1) is 6.92 Å². The minimum Gasteiger partial charge on any atom is -0.455 e. The maximum atomic E-state index is 6.67. The van der Waals surface area contributed by atoms with Gasteiger partial charge in [-0.1, -0.05) is 60.7 Å². The first-order valence-electron chi connectivity index (χ1n) is 13.7. The van der Waals surface area contributed by atoms with Gasteiger partial charge in [-0.2, -0.15) is 4.57 Å². The topological polar surface area (TPSA) is 20.9 Å². The van der Waals surface area contributed by atoms with Crippen molar-refractivity contribution in [2.24, 2.45) is 7.05 Å². The van der Waals surface area contributed by atoms with E-state index in [1.54, 1.807) is 0 Å². The van der Waals surface area contributed by atoms with Crippen LogP contribution >= 0.6 is 0 Å². The quantitative estimate of drug-likeness (QED) is 0.176. The Morgan fingerprint density at radius 3 is 2.38 bits per heavy atom. The Labute approximate surface area is 229 Å². The minimum atomic E-state index is 0.201. The van der Waals surface area contributed by atoms with E-state index in [1.807, 2.05) is 0 Å². The highest BCUT2D eigenvalue weighted by atomic mass is 16.3. The fraction of sp³-hybridized carbons (Fsp3) is 0.167. The van der Waals surface area contributed by atoms with Crippen molar-refractivity contribution in [1.82, 2.24) is 0 Å². The summed E-state index contributed by atoms with van der Waals surface area (Å²) >= 11 is 0. The Balaban J connectivity index is 1.40. The lowest BCUT2D eigenvalue weighted by molar-refractivity contribution is -0.713. The van der Waals surface area contributed by atoms with E-state index in [4.69, 9.17) is 11.0 Å². The molecule has 0 bridgehead atoms. The lowest BCUT2D eigenvalue weighted by Gasteiger charge is -2.30. The molecule has 0 radical (unpaired) electrons. The average Bonchev–Trinajstić information content (AvgIpc) is 3.34. The molecule has 4 heterocycles. The van der Waals surface area contributed by atoms with E-state index in [1.165, 1.54) is 28.0 Å². The van der Waals surface area contributed by atoms with Gasteiger partial charge >= 0.3 is 0 Å². The van der Waals surface area contributed by atoms with Gasteiger partial charge in [-0.05, 0) is 55.2 Å². The standard InChI is InChI=1S/C36H32N2O/c1-23-12-11-15-29-30-19-18-26(34(36(30)39-35(23)29)32-17-7-9-20-37(32)4)22-24(2)33-25(3)38-21-10-8-16-31(38)27-13-5-6-14-28(27)33/h5-21,25,33H,2,22H2,1,3-4H3/q+2. The Morgan fingerprint density at radius 2 is 1.54 bits per heavy atom. The Morgan fingerprint density at radius 1 is 0.795 bits per heavy atom. The first-order chi connectivity index (χ1) is 19.0. The normalized spacial score (nSPS) is 16.3. The van der Waals surface area contributed by atoms with Gasteiger partial charge in [0.1, 0.15) is 18.2 Å². The summed E-state index contributed by atoms with van der Waals surface area (Å²) in [6.45, 7) is 9.18. The van der Waals surface area contributed by atoms with E-state index < -0.39 is 0 Å². The molecule has 1 aliphatic rings. The number of para-hydroxylation sites is 1. The zero-order valence-corrected chi connectivity index (χ0v) is 22.7. The van der Waals surface area contributed by atoms with Crippen LogP contribution in [0.4, 0.5) is 0 Å². The molecular formula is C36H32N2O+2.